The number of hydrogen-bond acceptors (Lipinski definition) is 5. The molecule has 0 aliphatic rings. The molecule has 0 fully saturated rings. The Bertz CT molecular complexity index is 891. The van der Waals surface area contributed by atoms with E-state index >= 15 is 0 Å². The number of hydrogen-bond donors (Lipinski definition) is 0. The quantitative estimate of drug-likeness (QED) is 0.595. The van der Waals surface area contributed by atoms with Gasteiger partial charge in [0.1, 0.15) is 11.5 Å². The normalized spacial score (nSPS) is 11.3. The lowest BCUT2D eigenvalue weighted by atomic mass is 10.1. The van der Waals surface area contributed by atoms with Gasteiger partial charge in [-0.1, -0.05) is 38.1 Å². The first kappa shape index (κ1) is 21.8. The summed E-state index contributed by atoms with van der Waals surface area (Å²) in [4.78, 5) is 14.9. The third kappa shape index (κ3) is 5.99. The van der Waals surface area contributed by atoms with Crippen molar-refractivity contribution in [2.24, 2.45) is 5.92 Å². The van der Waals surface area contributed by atoms with Gasteiger partial charge >= 0.3 is 10.1 Å². The van der Waals surface area contributed by atoms with Gasteiger partial charge in [-0.3, -0.25) is 4.79 Å². The zero-order valence-corrected chi connectivity index (χ0v) is 17.5. The van der Waals surface area contributed by atoms with Crippen molar-refractivity contribution in [3.05, 3.63) is 59.7 Å². The third-order valence-electron chi connectivity index (χ3n) is 4.08. The van der Waals surface area contributed by atoms with Crippen LogP contribution in [0, 0.1) is 5.92 Å². The number of amides is 1. The molecule has 0 aliphatic carbocycles. The topological polar surface area (TPSA) is 72.9 Å². The van der Waals surface area contributed by atoms with E-state index in [-0.39, 0.29) is 23.3 Å². The zero-order valence-electron chi connectivity index (χ0n) is 16.7. The van der Waals surface area contributed by atoms with Crippen LogP contribution in [-0.2, 0) is 16.7 Å². The minimum absolute atomic E-state index is 0.0929. The van der Waals surface area contributed by atoms with Crippen LogP contribution >= 0.6 is 0 Å². The van der Waals surface area contributed by atoms with Gasteiger partial charge in [0, 0.05) is 13.1 Å². The Morgan fingerprint density at radius 2 is 1.71 bits per heavy atom. The maximum absolute atomic E-state index is 13.1. The molecule has 28 heavy (non-hydrogen) atoms. The maximum atomic E-state index is 13.1. The molecule has 0 bridgehead atoms. The van der Waals surface area contributed by atoms with Gasteiger partial charge in [0.2, 0.25) is 0 Å². The molecule has 0 aromatic heterocycles. The molecule has 152 valence electrons. The second kappa shape index (κ2) is 9.59. The Kier molecular flexibility index (Phi) is 7.45. The number of methoxy groups -OCH3 is 1. The molecule has 0 saturated carbocycles. The summed E-state index contributed by atoms with van der Waals surface area (Å²) in [5.41, 5.74) is 1.39. The summed E-state index contributed by atoms with van der Waals surface area (Å²) < 4.78 is 33.5. The summed E-state index contributed by atoms with van der Waals surface area (Å²) in [6.07, 6.45) is 0. The molecule has 0 radical (unpaired) electrons. The van der Waals surface area contributed by atoms with Crippen LogP contribution in [0.4, 0.5) is 0 Å². The Morgan fingerprint density at radius 1 is 1.07 bits per heavy atom. The Morgan fingerprint density at radius 3 is 2.29 bits per heavy atom. The predicted octanol–water partition coefficient (Wildman–Crippen LogP) is 3.72. The van der Waals surface area contributed by atoms with Crippen molar-refractivity contribution >= 4 is 16.0 Å². The molecule has 0 N–H and O–H groups in total. The molecule has 0 atom stereocenters. The molecule has 0 spiro atoms. The Hall–Kier alpha value is -2.54. The summed E-state index contributed by atoms with van der Waals surface area (Å²) in [5.74, 6) is 0.882. The van der Waals surface area contributed by atoms with E-state index in [9.17, 15) is 13.2 Å². The first-order valence-corrected chi connectivity index (χ1v) is 10.8. The fraction of sp³-hybridized carbons (Fsp3) is 0.381. The second-order valence-electron chi connectivity index (χ2n) is 6.85. The molecule has 6 nitrogen and oxygen atoms in total. The number of benzene rings is 2. The van der Waals surface area contributed by atoms with E-state index in [1.165, 1.54) is 6.92 Å². The zero-order chi connectivity index (χ0) is 20.7. The smallest absolute Gasteiger partial charge is 0.308 e. The van der Waals surface area contributed by atoms with Crippen molar-refractivity contribution in [2.75, 3.05) is 19.4 Å². The molecule has 0 saturated heterocycles. The van der Waals surface area contributed by atoms with Gasteiger partial charge in [0.25, 0.3) is 5.91 Å². The van der Waals surface area contributed by atoms with Crippen molar-refractivity contribution in [3.8, 4) is 11.5 Å². The Balaban J connectivity index is 2.21. The monoisotopic (exact) mass is 405 g/mol. The standard InChI is InChI=1S/C21H27NO5S/c1-5-28(24,25)27-18-12-10-17(11-13-18)15-22(14-16(2)3)21(23)19-8-6-7-9-20(19)26-4/h6-13,16H,5,14-15H2,1-4H3. The highest BCUT2D eigenvalue weighted by Gasteiger charge is 2.20. The van der Waals surface area contributed by atoms with E-state index in [4.69, 9.17) is 8.92 Å². The first-order valence-electron chi connectivity index (χ1n) is 9.19. The van der Waals surface area contributed by atoms with Crippen LogP contribution in [-0.4, -0.2) is 38.6 Å². The van der Waals surface area contributed by atoms with Gasteiger partial charge < -0.3 is 13.8 Å². The largest absolute Gasteiger partial charge is 0.496 e. The molecule has 7 heteroatoms. The summed E-state index contributed by atoms with van der Waals surface area (Å²) in [6, 6.07) is 13.9. The van der Waals surface area contributed by atoms with E-state index in [0.717, 1.165) is 5.56 Å². The van der Waals surface area contributed by atoms with Crippen LogP contribution in [0.2, 0.25) is 0 Å². The maximum Gasteiger partial charge on any atom is 0.308 e. The highest BCUT2D eigenvalue weighted by molar-refractivity contribution is 7.87. The van der Waals surface area contributed by atoms with E-state index in [1.54, 1.807) is 48.4 Å². The highest BCUT2D eigenvalue weighted by atomic mass is 32.2. The average Bonchev–Trinajstić information content (AvgIpc) is 2.67. The molecule has 1 amide bonds. The summed E-state index contributed by atoms with van der Waals surface area (Å²) >= 11 is 0. The van der Waals surface area contributed by atoms with Gasteiger partial charge in [-0.15, -0.1) is 0 Å². The Labute approximate surface area is 167 Å². The number of rotatable bonds is 9. The van der Waals surface area contributed by atoms with Crippen LogP contribution < -0.4 is 8.92 Å². The van der Waals surface area contributed by atoms with Gasteiger partial charge in [0.05, 0.1) is 18.4 Å². The van der Waals surface area contributed by atoms with Crippen LogP contribution in [0.25, 0.3) is 0 Å². The molecule has 0 aliphatic heterocycles. The van der Waals surface area contributed by atoms with Gasteiger partial charge in [-0.25, -0.2) is 0 Å². The van der Waals surface area contributed by atoms with Crippen LogP contribution in [0.15, 0.2) is 48.5 Å². The molecular formula is C21H27NO5S. The molecule has 2 aromatic rings. The summed E-state index contributed by atoms with van der Waals surface area (Å²) in [5, 5.41) is 0. The SMILES string of the molecule is CCS(=O)(=O)Oc1ccc(CN(CC(C)C)C(=O)c2ccccc2OC)cc1. The summed E-state index contributed by atoms with van der Waals surface area (Å²) in [6.45, 7) is 6.61. The van der Waals surface area contributed by atoms with Crippen LogP contribution in [0.5, 0.6) is 11.5 Å². The van der Waals surface area contributed by atoms with Crippen LogP contribution in [0.1, 0.15) is 36.7 Å². The average molecular weight is 406 g/mol. The molecule has 2 aromatic carbocycles. The molecule has 0 unspecified atom stereocenters. The number of para-hydroxylation sites is 1. The van der Waals surface area contributed by atoms with Gasteiger partial charge in [0.15, 0.2) is 0 Å². The van der Waals surface area contributed by atoms with Crippen LogP contribution in [0.3, 0.4) is 0 Å². The second-order valence-corrected chi connectivity index (χ2v) is 8.71. The lowest BCUT2D eigenvalue weighted by Gasteiger charge is -2.25. The number of carbonyl (C=O) groups is 1. The first-order chi connectivity index (χ1) is 13.3. The van der Waals surface area contributed by atoms with Gasteiger partial charge in [-0.2, -0.15) is 8.42 Å². The minimum Gasteiger partial charge on any atom is -0.496 e. The van der Waals surface area contributed by atoms with Crippen molar-refractivity contribution in [1.29, 1.82) is 0 Å². The van der Waals surface area contributed by atoms with E-state index in [1.807, 2.05) is 12.1 Å². The van der Waals surface area contributed by atoms with Gasteiger partial charge in [-0.05, 0) is 42.7 Å². The molecular weight excluding hydrogens is 378 g/mol. The van der Waals surface area contributed by atoms with Crippen molar-refractivity contribution < 1.29 is 22.1 Å². The lowest BCUT2D eigenvalue weighted by molar-refractivity contribution is 0.0719. The van der Waals surface area contributed by atoms with E-state index < -0.39 is 10.1 Å². The molecule has 2 rings (SSSR count). The van der Waals surface area contributed by atoms with Crippen molar-refractivity contribution in [1.82, 2.24) is 4.90 Å². The van der Waals surface area contributed by atoms with E-state index in [0.29, 0.717) is 24.4 Å². The highest BCUT2D eigenvalue weighted by Crippen LogP contribution is 2.22. The number of ether oxygens (including phenoxy) is 1. The minimum atomic E-state index is -3.56. The molecule has 0 heterocycles. The fourth-order valence-corrected chi connectivity index (χ4v) is 3.25. The fourth-order valence-electron chi connectivity index (χ4n) is 2.73. The number of carbonyl (C=O) groups excluding carboxylic acids is 1. The third-order valence-corrected chi connectivity index (χ3v) is 5.24. The predicted molar refractivity (Wildman–Crippen MR) is 109 cm³/mol. The van der Waals surface area contributed by atoms with E-state index in [2.05, 4.69) is 13.8 Å². The summed E-state index contributed by atoms with van der Waals surface area (Å²) in [7, 11) is -2.02. The van der Waals surface area contributed by atoms with Crippen molar-refractivity contribution in [2.45, 2.75) is 27.3 Å². The van der Waals surface area contributed by atoms with Crippen molar-refractivity contribution in [3.63, 3.8) is 0 Å². The number of nitrogens with zero attached hydrogens (tertiary/aromatic N) is 1. The lowest BCUT2D eigenvalue weighted by Crippen LogP contribution is -2.34.